The number of halogens is 1. The van der Waals surface area contributed by atoms with E-state index >= 15 is 0 Å². The summed E-state index contributed by atoms with van der Waals surface area (Å²) >= 11 is 5.78. The summed E-state index contributed by atoms with van der Waals surface area (Å²) in [6.45, 7) is 0.942. The molecule has 1 aromatic rings. The van der Waals surface area contributed by atoms with Crippen molar-refractivity contribution in [3.05, 3.63) is 34.9 Å². The zero-order valence-electron chi connectivity index (χ0n) is 9.23. The molecular formula is C12H13ClN2O2. The maximum atomic E-state index is 11.6. The molecule has 17 heavy (non-hydrogen) atoms. The molecule has 0 aromatic heterocycles. The molecule has 0 saturated carbocycles. The molecule has 1 unspecified atom stereocenters. The zero-order valence-corrected chi connectivity index (χ0v) is 9.98. The Hall–Kier alpha value is -1.55. The quantitative estimate of drug-likeness (QED) is 0.886. The van der Waals surface area contributed by atoms with Gasteiger partial charge in [-0.3, -0.25) is 4.79 Å². The van der Waals surface area contributed by atoms with Crippen molar-refractivity contribution < 1.29 is 9.63 Å². The van der Waals surface area contributed by atoms with Gasteiger partial charge >= 0.3 is 0 Å². The molecule has 1 atom stereocenters. The first-order valence-corrected chi connectivity index (χ1v) is 5.81. The van der Waals surface area contributed by atoms with Crippen molar-refractivity contribution in [2.24, 2.45) is 11.1 Å². The van der Waals surface area contributed by atoms with Crippen LogP contribution in [0.5, 0.6) is 0 Å². The van der Waals surface area contributed by atoms with Gasteiger partial charge in [-0.15, -0.1) is 0 Å². The molecule has 90 valence electrons. The molecule has 2 rings (SSSR count). The van der Waals surface area contributed by atoms with E-state index in [1.807, 2.05) is 24.3 Å². The fraction of sp³-hybridized carbons (Fsp3) is 0.333. The number of nitrogens with one attached hydrogen (secondary N) is 1. The standard InChI is InChI=1S/C12H13ClN2O2/c13-11-3-1-9(2-4-11)5-6-14-12(16)10-7-15-17-8-10/h1-4,7,10H,5-6,8H2,(H,14,16). The van der Waals surface area contributed by atoms with E-state index in [4.69, 9.17) is 16.4 Å². The van der Waals surface area contributed by atoms with Gasteiger partial charge < -0.3 is 10.2 Å². The van der Waals surface area contributed by atoms with E-state index in [-0.39, 0.29) is 11.8 Å². The van der Waals surface area contributed by atoms with Crippen LogP contribution >= 0.6 is 11.6 Å². The van der Waals surface area contributed by atoms with Crippen molar-refractivity contribution in [1.29, 1.82) is 0 Å². The normalized spacial score (nSPS) is 17.8. The maximum absolute atomic E-state index is 11.6. The number of carbonyl (C=O) groups excluding carboxylic acids is 1. The fourth-order valence-electron chi connectivity index (χ4n) is 1.54. The molecule has 1 aliphatic heterocycles. The lowest BCUT2D eigenvalue weighted by molar-refractivity contribution is -0.123. The van der Waals surface area contributed by atoms with Gasteiger partial charge in [-0.25, -0.2) is 0 Å². The van der Waals surface area contributed by atoms with E-state index in [1.165, 1.54) is 6.21 Å². The minimum atomic E-state index is -0.250. The Labute approximate surface area is 105 Å². The number of carbonyl (C=O) groups is 1. The van der Waals surface area contributed by atoms with Gasteiger partial charge in [0.1, 0.15) is 12.5 Å². The van der Waals surface area contributed by atoms with Crippen LogP contribution in [0.2, 0.25) is 5.02 Å². The van der Waals surface area contributed by atoms with E-state index < -0.39 is 0 Å². The highest BCUT2D eigenvalue weighted by atomic mass is 35.5. The van der Waals surface area contributed by atoms with Crippen LogP contribution in [0.1, 0.15) is 5.56 Å². The molecular weight excluding hydrogens is 240 g/mol. The van der Waals surface area contributed by atoms with Gasteiger partial charge in [-0.1, -0.05) is 28.9 Å². The van der Waals surface area contributed by atoms with Crippen LogP contribution in [-0.4, -0.2) is 25.3 Å². The summed E-state index contributed by atoms with van der Waals surface area (Å²) in [4.78, 5) is 16.3. The van der Waals surface area contributed by atoms with Crippen molar-refractivity contribution >= 4 is 23.7 Å². The number of hydrogen-bond donors (Lipinski definition) is 1. The molecule has 1 N–H and O–H groups in total. The SMILES string of the molecule is O=C(NCCc1ccc(Cl)cc1)C1C=NOC1. The van der Waals surface area contributed by atoms with Gasteiger partial charge in [0.15, 0.2) is 0 Å². The van der Waals surface area contributed by atoms with Gasteiger partial charge in [-0.05, 0) is 24.1 Å². The molecule has 1 amide bonds. The van der Waals surface area contributed by atoms with E-state index in [0.29, 0.717) is 13.2 Å². The molecule has 4 nitrogen and oxygen atoms in total. The minimum Gasteiger partial charge on any atom is -0.395 e. The van der Waals surface area contributed by atoms with E-state index in [0.717, 1.165) is 17.0 Å². The third-order valence-electron chi connectivity index (χ3n) is 2.53. The lowest BCUT2D eigenvalue weighted by Gasteiger charge is -2.07. The summed E-state index contributed by atoms with van der Waals surface area (Å²) in [7, 11) is 0. The van der Waals surface area contributed by atoms with Crippen molar-refractivity contribution in [2.75, 3.05) is 13.2 Å². The van der Waals surface area contributed by atoms with E-state index in [9.17, 15) is 4.79 Å². The van der Waals surface area contributed by atoms with Gasteiger partial charge in [0.25, 0.3) is 0 Å². The number of hydrogen-bond acceptors (Lipinski definition) is 3. The highest BCUT2D eigenvalue weighted by Crippen LogP contribution is 2.09. The topological polar surface area (TPSA) is 50.7 Å². The van der Waals surface area contributed by atoms with Crippen molar-refractivity contribution in [2.45, 2.75) is 6.42 Å². The summed E-state index contributed by atoms with van der Waals surface area (Å²) in [6.07, 6.45) is 2.31. The Balaban J connectivity index is 1.74. The Morgan fingerprint density at radius 1 is 1.47 bits per heavy atom. The molecule has 0 saturated heterocycles. The number of amides is 1. The lowest BCUT2D eigenvalue weighted by atomic mass is 10.1. The van der Waals surface area contributed by atoms with Crippen molar-refractivity contribution in [1.82, 2.24) is 5.32 Å². The first kappa shape index (κ1) is 11.9. The molecule has 0 radical (unpaired) electrons. The maximum Gasteiger partial charge on any atom is 0.232 e. The summed E-state index contributed by atoms with van der Waals surface area (Å²) in [5, 5.41) is 7.13. The monoisotopic (exact) mass is 252 g/mol. The molecule has 1 heterocycles. The predicted molar refractivity (Wildman–Crippen MR) is 66.1 cm³/mol. The van der Waals surface area contributed by atoms with Gasteiger partial charge in [0.2, 0.25) is 5.91 Å². The summed E-state index contributed by atoms with van der Waals surface area (Å²) in [6, 6.07) is 7.59. The Kier molecular flexibility index (Phi) is 3.98. The molecule has 0 aliphatic carbocycles. The number of benzene rings is 1. The second-order valence-electron chi connectivity index (χ2n) is 3.82. The van der Waals surface area contributed by atoms with Crippen LogP contribution < -0.4 is 5.32 Å². The molecule has 0 bridgehead atoms. The zero-order chi connectivity index (χ0) is 12.1. The second-order valence-corrected chi connectivity index (χ2v) is 4.26. The van der Waals surface area contributed by atoms with Crippen LogP contribution in [0.25, 0.3) is 0 Å². The third kappa shape index (κ3) is 3.46. The van der Waals surface area contributed by atoms with Crippen molar-refractivity contribution in [3.8, 4) is 0 Å². The van der Waals surface area contributed by atoms with Gasteiger partial charge in [-0.2, -0.15) is 0 Å². The Morgan fingerprint density at radius 2 is 2.24 bits per heavy atom. The van der Waals surface area contributed by atoms with Gasteiger partial charge in [0, 0.05) is 11.6 Å². The molecule has 0 spiro atoms. The fourth-order valence-corrected chi connectivity index (χ4v) is 1.66. The summed E-state index contributed by atoms with van der Waals surface area (Å²) in [5.74, 6) is -0.291. The smallest absolute Gasteiger partial charge is 0.232 e. The van der Waals surface area contributed by atoms with Crippen LogP contribution in [0.4, 0.5) is 0 Å². The average Bonchev–Trinajstić information content (AvgIpc) is 2.85. The summed E-state index contributed by atoms with van der Waals surface area (Å²) < 4.78 is 0. The highest BCUT2D eigenvalue weighted by Gasteiger charge is 2.20. The Bertz CT molecular complexity index is 417. The molecule has 1 aliphatic rings. The largest absolute Gasteiger partial charge is 0.395 e. The molecule has 1 aromatic carbocycles. The third-order valence-corrected chi connectivity index (χ3v) is 2.78. The second kappa shape index (κ2) is 5.68. The lowest BCUT2D eigenvalue weighted by Crippen LogP contribution is -2.33. The molecule has 5 heteroatoms. The van der Waals surface area contributed by atoms with E-state index in [1.54, 1.807) is 0 Å². The summed E-state index contributed by atoms with van der Waals surface area (Å²) in [5.41, 5.74) is 1.14. The Morgan fingerprint density at radius 3 is 2.88 bits per heavy atom. The van der Waals surface area contributed by atoms with Crippen molar-refractivity contribution in [3.63, 3.8) is 0 Å². The van der Waals surface area contributed by atoms with Crippen LogP contribution in [0, 0.1) is 5.92 Å². The molecule has 0 fully saturated rings. The first-order chi connectivity index (χ1) is 8.25. The van der Waals surface area contributed by atoms with Crippen LogP contribution in [0.3, 0.4) is 0 Å². The first-order valence-electron chi connectivity index (χ1n) is 5.43. The predicted octanol–water partition coefficient (Wildman–Crippen LogP) is 1.63. The van der Waals surface area contributed by atoms with Crippen LogP contribution in [-0.2, 0) is 16.1 Å². The van der Waals surface area contributed by atoms with Gasteiger partial charge in [0.05, 0.1) is 6.21 Å². The average molecular weight is 253 g/mol. The number of rotatable bonds is 4. The van der Waals surface area contributed by atoms with E-state index in [2.05, 4.69) is 10.5 Å². The number of nitrogens with zero attached hydrogens (tertiary/aromatic N) is 1. The minimum absolute atomic E-state index is 0.0415. The highest BCUT2D eigenvalue weighted by molar-refractivity contribution is 6.30. The number of oxime groups is 1. The van der Waals surface area contributed by atoms with Crippen LogP contribution in [0.15, 0.2) is 29.4 Å².